The monoisotopic (exact) mass is 330 g/mol. The summed E-state index contributed by atoms with van der Waals surface area (Å²) in [6.07, 6.45) is 0. The van der Waals surface area contributed by atoms with Gasteiger partial charge in [-0.25, -0.2) is 4.98 Å². The highest BCUT2D eigenvalue weighted by molar-refractivity contribution is 7.22. The largest absolute Gasteiger partial charge is 0.423 e. The van der Waals surface area contributed by atoms with Gasteiger partial charge in [-0.1, -0.05) is 22.9 Å². The maximum Gasteiger partial charge on any atom is 0.302 e. The van der Waals surface area contributed by atoms with Crippen LogP contribution in [0.15, 0.2) is 34.7 Å². The van der Waals surface area contributed by atoms with Crippen LogP contribution in [0.3, 0.4) is 0 Å². The Balaban J connectivity index is 1.74. The number of aromatic nitrogens is 2. The minimum Gasteiger partial charge on any atom is -0.423 e. The van der Waals surface area contributed by atoms with E-state index in [2.05, 4.69) is 15.3 Å². The third-order valence-corrected chi connectivity index (χ3v) is 4.42. The van der Waals surface area contributed by atoms with Crippen molar-refractivity contribution in [3.8, 4) is 0 Å². The summed E-state index contributed by atoms with van der Waals surface area (Å²) in [7, 11) is 0. The van der Waals surface area contributed by atoms with Gasteiger partial charge in [-0.2, -0.15) is 4.98 Å². The minimum atomic E-state index is 0.391. The maximum absolute atomic E-state index is 5.95. The van der Waals surface area contributed by atoms with Crippen molar-refractivity contribution in [3.05, 3.63) is 40.9 Å². The van der Waals surface area contributed by atoms with Gasteiger partial charge in [-0.3, -0.25) is 5.32 Å². The van der Waals surface area contributed by atoms with Crippen LogP contribution in [0.2, 0.25) is 5.02 Å². The van der Waals surface area contributed by atoms with Crippen molar-refractivity contribution >= 4 is 61.1 Å². The van der Waals surface area contributed by atoms with Crippen LogP contribution < -0.4 is 11.1 Å². The molecule has 0 fully saturated rings. The van der Waals surface area contributed by atoms with Gasteiger partial charge in [0, 0.05) is 10.7 Å². The molecule has 2 heterocycles. The fraction of sp³-hybridized carbons (Fsp3) is 0.0667. The first kappa shape index (κ1) is 13.4. The van der Waals surface area contributed by atoms with Gasteiger partial charge >= 0.3 is 6.01 Å². The average Bonchev–Trinajstić information content (AvgIpc) is 3.01. The average molecular weight is 331 g/mol. The molecule has 0 aliphatic rings. The van der Waals surface area contributed by atoms with Gasteiger partial charge in [0.2, 0.25) is 0 Å². The van der Waals surface area contributed by atoms with E-state index in [1.54, 1.807) is 18.2 Å². The third-order valence-electron chi connectivity index (χ3n) is 3.27. The number of rotatable bonds is 2. The summed E-state index contributed by atoms with van der Waals surface area (Å²) >= 11 is 7.45. The summed E-state index contributed by atoms with van der Waals surface area (Å²) in [5.41, 5.74) is 9.96. The van der Waals surface area contributed by atoms with Crippen molar-refractivity contribution < 1.29 is 4.42 Å². The molecular formula is C15H11ClN4OS. The van der Waals surface area contributed by atoms with Crippen LogP contribution in [0, 0.1) is 6.92 Å². The molecule has 0 saturated heterocycles. The third kappa shape index (κ3) is 2.26. The van der Waals surface area contributed by atoms with E-state index in [9.17, 15) is 0 Å². The number of nitrogen functional groups attached to an aromatic ring is 1. The zero-order valence-corrected chi connectivity index (χ0v) is 13.1. The molecule has 0 radical (unpaired) electrons. The summed E-state index contributed by atoms with van der Waals surface area (Å²) < 4.78 is 6.67. The lowest BCUT2D eigenvalue weighted by Crippen LogP contribution is -1.89. The first-order valence-corrected chi connectivity index (χ1v) is 7.78. The number of benzene rings is 2. The van der Waals surface area contributed by atoms with Gasteiger partial charge in [0.1, 0.15) is 5.52 Å². The van der Waals surface area contributed by atoms with Crippen LogP contribution in [-0.2, 0) is 0 Å². The van der Waals surface area contributed by atoms with Crippen LogP contribution in [0.25, 0.3) is 21.3 Å². The molecule has 0 aliphatic heterocycles. The molecular weight excluding hydrogens is 320 g/mol. The van der Waals surface area contributed by atoms with Crippen LogP contribution in [0.5, 0.6) is 0 Å². The van der Waals surface area contributed by atoms with Crippen LogP contribution >= 0.6 is 22.9 Å². The number of nitrogens with one attached hydrogen (secondary N) is 1. The van der Waals surface area contributed by atoms with E-state index in [0.717, 1.165) is 21.5 Å². The topological polar surface area (TPSA) is 77.0 Å². The molecule has 0 bridgehead atoms. The van der Waals surface area contributed by atoms with Gasteiger partial charge in [0.05, 0.1) is 10.2 Å². The number of oxazole rings is 1. The summed E-state index contributed by atoms with van der Waals surface area (Å²) in [6, 6.07) is 9.53. The Hall–Kier alpha value is -2.31. The summed E-state index contributed by atoms with van der Waals surface area (Å²) in [6.45, 7) is 1.99. The zero-order valence-electron chi connectivity index (χ0n) is 11.6. The SMILES string of the molecule is Cc1cc(N)cc2sc(Nc3nc4cc(Cl)ccc4o3)nc12. The Bertz CT molecular complexity index is 1010. The molecule has 0 spiro atoms. The van der Waals surface area contributed by atoms with Gasteiger partial charge in [-0.05, 0) is 42.8 Å². The number of fused-ring (bicyclic) bond motifs is 2. The number of halogens is 1. The lowest BCUT2D eigenvalue weighted by atomic mass is 10.2. The van der Waals surface area contributed by atoms with Gasteiger partial charge in [0.15, 0.2) is 10.7 Å². The predicted molar refractivity (Wildman–Crippen MR) is 91.1 cm³/mol. The molecule has 0 aliphatic carbocycles. The molecule has 4 rings (SSSR count). The summed E-state index contributed by atoms with van der Waals surface area (Å²) in [5, 5.41) is 4.43. The van der Waals surface area contributed by atoms with E-state index >= 15 is 0 Å². The number of hydrogen-bond acceptors (Lipinski definition) is 6. The quantitative estimate of drug-likeness (QED) is 0.520. The van der Waals surface area contributed by atoms with Crippen molar-refractivity contribution in [2.75, 3.05) is 11.1 Å². The number of thiazole rings is 1. The second kappa shape index (κ2) is 4.86. The molecule has 3 N–H and O–H groups in total. The molecule has 0 saturated carbocycles. The zero-order chi connectivity index (χ0) is 15.3. The van der Waals surface area contributed by atoms with Crippen molar-refractivity contribution in [1.29, 1.82) is 0 Å². The minimum absolute atomic E-state index is 0.391. The highest BCUT2D eigenvalue weighted by Gasteiger charge is 2.11. The van der Waals surface area contributed by atoms with E-state index in [1.807, 2.05) is 19.1 Å². The Kier molecular flexibility index (Phi) is 2.95. The Morgan fingerprint density at radius 1 is 1.23 bits per heavy atom. The van der Waals surface area contributed by atoms with Crippen molar-refractivity contribution in [2.24, 2.45) is 0 Å². The molecule has 0 atom stereocenters. The lowest BCUT2D eigenvalue weighted by molar-refractivity contribution is 0.623. The molecule has 0 unspecified atom stereocenters. The Labute approximate surface area is 134 Å². The molecule has 0 amide bonds. The normalized spacial score (nSPS) is 11.4. The molecule has 5 nitrogen and oxygen atoms in total. The molecule has 7 heteroatoms. The molecule has 2 aromatic heterocycles. The lowest BCUT2D eigenvalue weighted by Gasteiger charge is -1.96. The van der Waals surface area contributed by atoms with Crippen LogP contribution in [0.1, 0.15) is 5.56 Å². The van der Waals surface area contributed by atoms with E-state index < -0.39 is 0 Å². The smallest absolute Gasteiger partial charge is 0.302 e. The number of anilines is 3. The Morgan fingerprint density at radius 2 is 2.09 bits per heavy atom. The first-order chi connectivity index (χ1) is 10.6. The highest BCUT2D eigenvalue weighted by atomic mass is 35.5. The fourth-order valence-corrected chi connectivity index (χ4v) is 3.47. The van der Waals surface area contributed by atoms with Crippen LogP contribution in [0.4, 0.5) is 16.8 Å². The van der Waals surface area contributed by atoms with E-state index in [4.69, 9.17) is 21.8 Å². The summed E-state index contributed by atoms with van der Waals surface area (Å²) in [4.78, 5) is 8.92. The first-order valence-electron chi connectivity index (χ1n) is 6.58. The standard InChI is InChI=1S/C15H11ClN4OS/c1-7-4-9(17)6-12-13(7)19-15(22-12)20-14-18-10-5-8(16)2-3-11(10)21-14/h2-6H,17H2,1H3,(H,18,19,20). The molecule has 4 aromatic rings. The van der Waals surface area contributed by atoms with Gasteiger partial charge in [0.25, 0.3) is 0 Å². The fourth-order valence-electron chi connectivity index (χ4n) is 2.32. The summed E-state index contributed by atoms with van der Waals surface area (Å²) in [5.74, 6) is 0. The second-order valence-electron chi connectivity index (χ2n) is 4.96. The molecule has 110 valence electrons. The molecule has 2 aromatic carbocycles. The highest BCUT2D eigenvalue weighted by Crippen LogP contribution is 2.32. The van der Waals surface area contributed by atoms with E-state index in [-0.39, 0.29) is 0 Å². The number of aryl methyl sites for hydroxylation is 1. The van der Waals surface area contributed by atoms with Crippen molar-refractivity contribution in [1.82, 2.24) is 9.97 Å². The predicted octanol–water partition coefficient (Wildman–Crippen LogP) is 4.73. The van der Waals surface area contributed by atoms with E-state index in [1.165, 1.54) is 11.3 Å². The van der Waals surface area contributed by atoms with E-state index in [0.29, 0.717) is 27.3 Å². The number of nitrogens with zero attached hydrogens (tertiary/aromatic N) is 2. The molecule has 22 heavy (non-hydrogen) atoms. The number of nitrogens with two attached hydrogens (primary N) is 1. The van der Waals surface area contributed by atoms with Crippen molar-refractivity contribution in [3.63, 3.8) is 0 Å². The Morgan fingerprint density at radius 3 is 2.95 bits per heavy atom. The van der Waals surface area contributed by atoms with Gasteiger partial charge in [-0.15, -0.1) is 0 Å². The number of hydrogen-bond donors (Lipinski definition) is 2. The van der Waals surface area contributed by atoms with Gasteiger partial charge < -0.3 is 10.2 Å². The van der Waals surface area contributed by atoms with Crippen molar-refractivity contribution in [2.45, 2.75) is 6.92 Å². The second-order valence-corrected chi connectivity index (χ2v) is 6.43. The maximum atomic E-state index is 5.95. The van der Waals surface area contributed by atoms with Crippen LogP contribution in [-0.4, -0.2) is 9.97 Å².